The van der Waals surface area contributed by atoms with Gasteiger partial charge in [0.05, 0.1) is 39.2 Å². The number of hydrogen-bond acceptors (Lipinski definition) is 6. The second-order valence-electron chi connectivity index (χ2n) is 9.02. The molecule has 2 aromatic rings. The SMILES string of the molecule is CCOC(=O)N(Cc1ccccc1)C1CC(C)N(C(=O)OCC(C)C)c2cc(OC)c(OC)cc21. The molecule has 2 amide bonds. The number of amides is 2. The smallest absolute Gasteiger partial charge is 0.414 e. The molecule has 0 saturated heterocycles. The van der Waals surface area contributed by atoms with Crippen LogP contribution in [0.5, 0.6) is 11.5 Å². The summed E-state index contributed by atoms with van der Waals surface area (Å²) in [4.78, 5) is 29.7. The minimum absolute atomic E-state index is 0.210. The molecule has 0 radical (unpaired) electrons. The quantitative estimate of drug-likeness (QED) is 0.472. The highest BCUT2D eigenvalue weighted by Gasteiger charge is 2.40. The first-order valence-electron chi connectivity index (χ1n) is 12.0. The number of methoxy groups -OCH3 is 2. The maximum absolute atomic E-state index is 13.2. The highest BCUT2D eigenvalue weighted by atomic mass is 16.6. The molecule has 0 fully saturated rings. The average molecular weight is 485 g/mol. The zero-order valence-electron chi connectivity index (χ0n) is 21.4. The Bertz CT molecular complexity index is 1010. The molecule has 0 spiro atoms. The normalized spacial score (nSPS) is 16.9. The van der Waals surface area contributed by atoms with Crippen molar-refractivity contribution in [3.63, 3.8) is 0 Å². The van der Waals surface area contributed by atoms with E-state index in [1.165, 1.54) is 0 Å². The molecule has 0 bridgehead atoms. The van der Waals surface area contributed by atoms with Crippen LogP contribution in [0.3, 0.4) is 0 Å². The maximum Gasteiger partial charge on any atom is 0.414 e. The summed E-state index contributed by atoms with van der Waals surface area (Å²) in [5.41, 5.74) is 2.38. The predicted molar refractivity (Wildman–Crippen MR) is 134 cm³/mol. The Hall–Kier alpha value is -3.42. The lowest BCUT2D eigenvalue weighted by Crippen LogP contribution is -2.48. The Morgan fingerprint density at radius 2 is 1.71 bits per heavy atom. The van der Waals surface area contributed by atoms with Crippen LogP contribution in [0.15, 0.2) is 42.5 Å². The van der Waals surface area contributed by atoms with E-state index in [0.29, 0.717) is 36.8 Å². The Kier molecular flexibility index (Phi) is 8.84. The van der Waals surface area contributed by atoms with Crippen LogP contribution in [-0.4, -0.2) is 50.6 Å². The molecule has 8 heteroatoms. The molecule has 1 aliphatic rings. The fourth-order valence-corrected chi connectivity index (χ4v) is 4.32. The van der Waals surface area contributed by atoms with Crippen molar-refractivity contribution in [2.45, 2.75) is 52.7 Å². The minimum atomic E-state index is -0.427. The first kappa shape index (κ1) is 26.2. The van der Waals surface area contributed by atoms with Crippen molar-refractivity contribution < 1.29 is 28.5 Å². The zero-order chi connectivity index (χ0) is 25.5. The van der Waals surface area contributed by atoms with Gasteiger partial charge in [-0.2, -0.15) is 0 Å². The van der Waals surface area contributed by atoms with Crippen LogP contribution in [0.25, 0.3) is 0 Å². The molecule has 0 saturated carbocycles. The molecule has 0 aliphatic carbocycles. The monoisotopic (exact) mass is 484 g/mol. The third-order valence-corrected chi connectivity index (χ3v) is 5.97. The molecule has 1 heterocycles. The van der Waals surface area contributed by atoms with Crippen LogP contribution in [0.4, 0.5) is 15.3 Å². The van der Waals surface area contributed by atoms with Gasteiger partial charge in [-0.3, -0.25) is 9.80 Å². The van der Waals surface area contributed by atoms with Crippen molar-refractivity contribution >= 4 is 17.9 Å². The van der Waals surface area contributed by atoms with Crippen molar-refractivity contribution in [2.75, 3.05) is 32.3 Å². The number of nitrogens with zero attached hydrogens (tertiary/aromatic N) is 2. The molecule has 2 aromatic carbocycles. The first-order chi connectivity index (χ1) is 16.8. The standard InChI is InChI=1S/C27H36N2O6/c1-7-34-26(30)28(16-20-11-9-8-10-12-20)22-13-19(4)29(27(31)35-17-18(2)3)23-15-25(33-6)24(32-5)14-21(22)23/h8-12,14-15,18-19,22H,7,13,16-17H2,1-6H3. The van der Waals surface area contributed by atoms with Gasteiger partial charge in [0.25, 0.3) is 0 Å². The highest BCUT2D eigenvalue weighted by molar-refractivity contribution is 5.91. The molecular formula is C27H36N2O6. The Balaban J connectivity index is 2.10. The van der Waals surface area contributed by atoms with Crippen molar-refractivity contribution in [2.24, 2.45) is 5.92 Å². The van der Waals surface area contributed by atoms with Gasteiger partial charge in [-0.25, -0.2) is 9.59 Å². The summed E-state index contributed by atoms with van der Waals surface area (Å²) >= 11 is 0. The Morgan fingerprint density at radius 1 is 1.06 bits per heavy atom. The number of ether oxygens (including phenoxy) is 4. The molecule has 2 unspecified atom stereocenters. The van der Waals surface area contributed by atoms with E-state index < -0.39 is 12.2 Å². The highest BCUT2D eigenvalue weighted by Crippen LogP contribution is 2.46. The molecule has 0 aromatic heterocycles. The van der Waals surface area contributed by atoms with Gasteiger partial charge in [0.2, 0.25) is 0 Å². The molecular weight excluding hydrogens is 448 g/mol. The van der Waals surface area contributed by atoms with Gasteiger partial charge in [0.1, 0.15) is 0 Å². The number of carbonyl (C=O) groups excluding carboxylic acids is 2. The van der Waals surface area contributed by atoms with E-state index in [4.69, 9.17) is 18.9 Å². The maximum atomic E-state index is 13.2. The van der Waals surface area contributed by atoms with Crippen LogP contribution >= 0.6 is 0 Å². The summed E-state index contributed by atoms with van der Waals surface area (Å²) in [7, 11) is 3.11. The van der Waals surface area contributed by atoms with Crippen LogP contribution in [0.1, 0.15) is 51.3 Å². The number of hydrogen-bond donors (Lipinski definition) is 0. The fraction of sp³-hybridized carbons (Fsp3) is 0.481. The number of rotatable bonds is 8. The number of anilines is 1. The summed E-state index contributed by atoms with van der Waals surface area (Å²) in [6.45, 7) is 8.67. The topological polar surface area (TPSA) is 77.5 Å². The predicted octanol–water partition coefficient (Wildman–Crippen LogP) is 5.79. The van der Waals surface area contributed by atoms with E-state index >= 15 is 0 Å². The lowest BCUT2D eigenvalue weighted by atomic mass is 9.90. The van der Waals surface area contributed by atoms with Gasteiger partial charge in [0.15, 0.2) is 11.5 Å². The molecule has 2 atom stereocenters. The van der Waals surface area contributed by atoms with Gasteiger partial charge in [-0.15, -0.1) is 0 Å². The summed E-state index contributed by atoms with van der Waals surface area (Å²) < 4.78 is 22.1. The summed E-state index contributed by atoms with van der Waals surface area (Å²) in [6, 6.07) is 12.8. The summed E-state index contributed by atoms with van der Waals surface area (Å²) in [5.74, 6) is 1.22. The number of benzene rings is 2. The average Bonchev–Trinajstić information content (AvgIpc) is 2.85. The zero-order valence-corrected chi connectivity index (χ0v) is 21.4. The molecule has 3 rings (SSSR count). The van der Waals surface area contributed by atoms with Crippen molar-refractivity contribution in [1.82, 2.24) is 4.90 Å². The lowest BCUT2D eigenvalue weighted by molar-refractivity contribution is 0.0806. The van der Waals surface area contributed by atoms with Crippen LogP contribution < -0.4 is 14.4 Å². The van der Waals surface area contributed by atoms with Gasteiger partial charge < -0.3 is 18.9 Å². The molecule has 8 nitrogen and oxygen atoms in total. The van der Waals surface area contributed by atoms with Crippen LogP contribution in [0, 0.1) is 5.92 Å². The molecule has 190 valence electrons. The number of carbonyl (C=O) groups is 2. The fourth-order valence-electron chi connectivity index (χ4n) is 4.32. The van der Waals surface area contributed by atoms with Crippen LogP contribution in [0.2, 0.25) is 0 Å². The van der Waals surface area contributed by atoms with E-state index in [-0.39, 0.29) is 24.6 Å². The van der Waals surface area contributed by atoms with E-state index in [1.807, 2.05) is 57.2 Å². The van der Waals surface area contributed by atoms with Gasteiger partial charge >= 0.3 is 12.2 Å². The van der Waals surface area contributed by atoms with E-state index in [2.05, 4.69) is 0 Å². The largest absolute Gasteiger partial charge is 0.493 e. The first-order valence-corrected chi connectivity index (χ1v) is 12.0. The third kappa shape index (κ3) is 5.99. The minimum Gasteiger partial charge on any atom is -0.493 e. The van der Waals surface area contributed by atoms with E-state index in [1.54, 1.807) is 37.0 Å². The second-order valence-corrected chi connectivity index (χ2v) is 9.02. The van der Waals surface area contributed by atoms with Gasteiger partial charge in [-0.05, 0) is 37.8 Å². The van der Waals surface area contributed by atoms with E-state index in [0.717, 1.165) is 11.1 Å². The summed E-state index contributed by atoms with van der Waals surface area (Å²) in [6.07, 6.45) is -0.334. The second kappa shape index (κ2) is 11.8. The van der Waals surface area contributed by atoms with Crippen molar-refractivity contribution in [1.29, 1.82) is 0 Å². The van der Waals surface area contributed by atoms with Crippen molar-refractivity contribution in [3.8, 4) is 11.5 Å². The lowest BCUT2D eigenvalue weighted by Gasteiger charge is -2.43. The molecule has 0 N–H and O–H groups in total. The van der Waals surface area contributed by atoms with E-state index in [9.17, 15) is 9.59 Å². The van der Waals surface area contributed by atoms with Gasteiger partial charge in [-0.1, -0.05) is 44.2 Å². The van der Waals surface area contributed by atoms with Crippen molar-refractivity contribution in [3.05, 3.63) is 53.6 Å². The molecule has 1 aliphatic heterocycles. The molecule has 35 heavy (non-hydrogen) atoms. The summed E-state index contributed by atoms with van der Waals surface area (Å²) in [5, 5.41) is 0. The Morgan fingerprint density at radius 3 is 2.31 bits per heavy atom. The number of fused-ring (bicyclic) bond motifs is 1. The Labute approximate surface area is 207 Å². The third-order valence-electron chi connectivity index (χ3n) is 5.97. The van der Waals surface area contributed by atoms with Crippen LogP contribution in [-0.2, 0) is 16.0 Å². The van der Waals surface area contributed by atoms with Gasteiger partial charge in [0, 0.05) is 24.2 Å².